The van der Waals surface area contributed by atoms with Crippen LogP contribution in [0, 0.1) is 0 Å². The molecule has 0 bridgehead atoms. The summed E-state index contributed by atoms with van der Waals surface area (Å²) in [5.41, 5.74) is 0. The van der Waals surface area contributed by atoms with E-state index in [1.165, 1.54) is 0 Å². The summed E-state index contributed by atoms with van der Waals surface area (Å²) in [6.45, 7) is 1.63. The molecule has 0 rings (SSSR count). The third-order valence-corrected chi connectivity index (χ3v) is 1.00. The molecule has 1 atom stereocenters. The Kier molecular flexibility index (Phi) is 4.05. The van der Waals surface area contributed by atoms with Gasteiger partial charge in [0.1, 0.15) is 0 Å². The Labute approximate surface area is 54.3 Å². The highest BCUT2D eigenvalue weighted by atomic mass is 16.4. The fourth-order valence-corrected chi connectivity index (χ4v) is 0.542. The average molecular weight is 131 g/mol. The molecule has 0 amide bonds. The minimum absolute atomic E-state index is 0.0465. The monoisotopic (exact) mass is 131 g/mol. The number of carbonyl (C=O) groups is 1. The van der Waals surface area contributed by atoms with Crippen LogP contribution in [0.1, 0.15) is 26.2 Å². The van der Waals surface area contributed by atoms with E-state index in [1.807, 2.05) is 0 Å². The predicted molar refractivity (Wildman–Crippen MR) is 30.5 cm³/mol. The van der Waals surface area contributed by atoms with E-state index in [1.54, 1.807) is 6.92 Å². The molecule has 9 heavy (non-hydrogen) atoms. The van der Waals surface area contributed by atoms with Crippen LogP contribution < -0.4 is 5.11 Å². The van der Waals surface area contributed by atoms with Gasteiger partial charge < -0.3 is 15.0 Å². The zero-order valence-electron chi connectivity index (χ0n) is 5.46. The number of aliphatic hydroxyl groups excluding tert-OH is 1. The maximum atomic E-state index is 9.79. The van der Waals surface area contributed by atoms with Gasteiger partial charge in [-0.2, -0.15) is 0 Å². The topological polar surface area (TPSA) is 60.4 Å². The van der Waals surface area contributed by atoms with E-state index in [4.69, 9.17) is 5.11 Å². The number of aliphatic carboxylic acids is 1. The van der Waals surface area contributed by atoms with Crippen LogP contribution in [0.25, 0.3) is 0 Å². The van der Waals surface area contributed by atoms with Crippen LogP contribution in [0.3, 0.4) is 0 Å². The van der Waals surface area contributed by atoms with Crippen LogP contribution in [0.2, 0.25) is 0 Å². The molecule has 1 N–H and O–H groups in total. The second-order valence-corrected chi connectivity index (χ2v) is 2.11. The van der Waals surface area contributed by atoms with Crippen molar-refractivity contribution in [1.29, 1.82) is 0 Å². The highest BCUT2D eigenvalue weighted by molar-refractivity contribution is 5.64. The Morgan fingerprint density at radius 1 is 1.78 bits per heavy atom. The normalized spacial score (nSPS) is 13.1. The number of hydrogen-bond donors (Lipinski definition) is 1. The minimum Gasteiger partial charge on any atom is -0.550 e. The summed E-state index contributed by atoms with van der Waals surface area (Å²) in [5, 5.41) is 18.4. The lowest BCUT2D eigenvalue weighted by Gasteiger charge is -2.03. The third-order valence-electron chi connectivity index (χ3n) is 1.00. The van der Waals surface area contributed by atoms with Gasteiger partial charge in [-0.15, -0.1) is 0 Å². The lowest BCUT2D eigenvalue weighted by Crippen LogP contribution is -2.21. The molecular formula is C6H11O3-. The molecule has 0 aliphatic rings. The Hall–Kier alpha value is -0.570. The van der Waals surface area contributed by atoms with E-state index in [-0.39, 0.29) is 6.42 Å². The van der Waals surface area contributed by atoms with Crippen LogP contribution in [-0.2, 0) is 4.79 Å². The molecule has 3 nitrogen and oxygen atoms in total. The van der Waals surface area contributed by atoms with Crippen molar-refractivity contribution in [1.82, 2.24) is 0 Å². The van der Waals surface area contributed by atoms with Gasteiger partial charge in [-0.1, -0.05) is 0 Å². The summed E-state index contributed by atoms with van der Waals surface area (Å²) in [4.78, 5) is 9.79. The Morgan fingerprint density at radius 3 is 2.67 bits per heavy atom. The van der Waals surface area contributed by atoms with Crippen LogP contribution >= 0.6 is 0 Å². The first kappa shape index (κ1) is 8.43. The maximum absolute atomic E-state index is 9.79. The Balaban J connectivity index is 3.01. The highest BCUT2D eigenvalue weighted by Crippen LogP contribution is 1.97. The van der Waals surface area contributed by atoms with E-state index >= 15 is 0 Å². The number of carboxylic acids is 1. The van der Waals surface area contributed by atoms with Gasteiger partial charge in [-0.25, -0.2) is 0 Å². The van der Waals surface area contributed by atoms with Gasteiger partial charge in [0.2, 0.25) is 0 Å². The Morgan fingerprint density at radius 2 is 2.33 bits per heavy atom. The quantitative estimate of drug-likeness (QED) is 0.548. The number of hydrogen-bond acceptors (Lipinski definition) is 3. The summed E-state index contributed by atoms with van der Waals surface area (Å²) in [6, 6.07) is 0. The first-order valence-corrected chi connectivity index (χ1v) is 3.01. The van der Waals surface area contributed by atoms with Crippen molar-refractivity contribution in [2.75, 3.05) is 0 Å². The molecule has 0 saturated carbocycles. The van der Waals surface area contributed by atoms with E-state index in [2.05, 4.69) is 0 Å². The van der Waals surface area contributed by atoms with Crippen molar-refractivity contribution in [3.8, 4) is 0 Å². The fraction of sp³-hybridized carbons (Fsp3) is 0.833. The Bertz CT molecular complexity index is 88.3. The summed E-state index contributed by atoms with van der Waals surface area (Å²) >= 11 is 0. The van der Waals surface area contributed by atoms with Crippen LogP contribution in [0.5, 0.6) is 0 Å². The van der Waals surface area contributed by atoms with Crippen molar-refractivity contribution in [2.45, 2.75) is 32.3 Å². The standard InChI is InChI=1S/C6H12O3/c1-5(7)3-2-4-6(8)9/h5,7H,2-4H2,1H3,(H,8,9)/p-1/t5-/m0/s1. The molecule has 0 heterocycles. The molecule has 0 aliphatic heterocycles. The summed E-state index contributed by atoms with van der Waals surface area (Å²) in [6.07, 6.45) is 0.683. The minimum atomic E-state index is -1.05. The zero-order chi connectivity index (χ0) is 7.28. The van der Waals surface area contributed by atoms with Gasteiger partial charge in [0, 0.05) is 5.97 Å². The van der Waals surface area contributed by atoms with Gasteiger partial charge >= 0.3 is 0 Å². The molecule has 0 radical (unpaired) electrons. The average Bonchev–Trinajstić information content (AvgIpc) is 1.63. The molecular weight excluding hydrogens is 120 g/mol. The van der Waals surface area contributed by atoms with E-state index in [0.717, 1.165) is 0 Å². The molecule has 0 spiro atoms. The van der Waals surface area contributed by atoms with Crippen molar-refractivity contribution >= 4 is 5.97 Å². The van der Waals surface area contributed by atoms with Gasteiger partial charge in [-0.3, -0.25) is 0 Å². The van der Waals surface area contributed by atoms with Crippen molar-refractivity contribution < 1.29 is 15.0 Å². The maximum Gasteiger partial charge on any atom is 0.0512 e. The molecule has 0 aromatic heterocycles. The van der Waals surface area contributed by atoms with E-state index in [9.17, 15) is 9.90 Å². The molecule has 0 aliphatic carbocycles. The summed E-state index contributed by atoms with van der Waals surface area (Å²) in [7, 11) is 0. The number of carboxylic acid groups (broad SMARTS) is 1. The van der Waals surface area contributed by atoms with E-state index in [0.29, 0.717) is 12.8 Å². The number of rotatable bonds is 4. The van der Waals surface area contributed by atoms with Gasteiger partial charge in [-0.05, 0) is 26.2 Å². The van der Waals surface area contributed by atoms with Gasteiger partial charge in [0.25, 0.3) is 0 Å². The van der Waals surface area contributed by atoms with Crippen LogP contribution in [0.4, 0.5) is 0 Å². The molecule has 0 aromatic rings. The van der Waals surface area contributed by atoms with Gasteiger partial charge in [0.05, 0.1) is 6.10 Å². The fourth-order valence-electron chi connectivity index (χ4n) is 0.542. The lowest BCUT2D eigenvalue weighted by atomic mass is 10.2. The molecule has 0 saturated heterocycles. The second kappa shape index (κ2) is 4.32. The number of carbonyl (C=O) groups excluding carboxylic acids is 1. The highest BCUT2D eigenvalue weighted by Gasteiger charge is 1.93. The third kappa shape index (κ3) is 7.43. The first-order valence-electron chi connectivity index (χ1n) is 3.01. The van der Waals surface area contributed by atoms with Crippen molar-refractivity contribution in [2.24, 2.45) is 0 Å². The molecule has 0 aromatic carbocycles. The molecule has 0 unspecified atom stereocenters. The smallest absolute Gasteiger partial charge is 0.0512 e. The molecule has 0 fully saturated rings. The summed E-state index contributed by atoms with van der Waals surface area (Å²) < 4.78 is 0. The second-order valence-electron chi connectivity index (χ2n) is 2.11. The van der Waals surface area contributed by atoms with Crippen LogP contribution in [-0.4, -0.2) is 17.2 Å². The van der Waals surface area contributed by atoms with Gasteiger partial charge in [0.15, 0.2) is 0 Å². The molecule has 3 heteroatoms. The lowest BCUT2D eigenvalue weighted by molar-refractivity contribution is -0.305. The van der Waals surface area contributed by atoms with Crippen molar-refractivity contribution in [3.05, 3.63) is 0 Å². The zero-order valence-corrected chi connectivity index (χ0v) is 5.46. The van der Waals surface area contributed by atoms with E-state index < -0.39 is 12.1 Å². The predicted octanol–water partition coefficient (Wildman–Crippen LogP) is -0.713. The summed E-state index contributed by atoms with van der Waals surface area (Å²) in [5.74, 6) is -1.05. The SMILES string of the molecule is C[C@H](O)CCCC(=O)[O-]. The number of aliphatic hydroxyl groups is 1. The van der Waals surface area contributed by atoms with Crippen LogP contribution in [0.15, 0.2) is 0 Å². The first-order chi connectivity index (χ1) is 4.13. The van der Waals surface area contributed by atoms with Crippen molar-refractivity contribution in [3.63, 3.8) is 0 Å². The molecule has 54 valence electrons. The largest absolute Gasteiger partial charge is 0.550 e.